The molecule has 152 valence electrons. The summed E-state index contributed by atoms with van der Waals surface area (Å²) in [6.07, 6.45) is 6.91. The molecule has 0 aromatic heterocycles. The zero-order valence-electron chi connectivity index (χ0n) is 17.8. The van der Waals surface area contributed by atoms with Gasteiger partial charge in [0.25, 0.3) is 5.91 Å². The summed E-state index contributed by atoms with van der Waals surface area (Å²) in [6.45, 7) is 11.9. The van der Waals surface area contributed by atoms with Crippen molar-refractivity contribution in [3.63, 3.8) is 0 Å². The van der Waals surface area contributed by atoms with Crippen LogP contribution in [0.1, 0.15) is 76.8 Å². The molecule has 0 radical (unpaired) electrons. The fourth-order valence-corrected chi connectivity index (χ4v) is 4.02. The maximum Gasteiger partial charge on any atom is 0.256 e. The minimum atomic E-state index is -0.689. The molecule has 0 saturated heterocycles. The van der Waals surface area contributed by atoms with E-state index in [0.717, 1.165) is 67.7 Å². The Hall–Kier alpha value is -1.55. The van der Waals surface area contributed by atoms with Crippen molar-refractivity contribution in [3.05, 3.63) is 23.3 Å². The van der Waals surface area contributed by atoms with Gasteiger partial charge in [0.05, 0.1) is 6.61 Å². The summed E-state index contributed by atoms with van der Waals surface area (Å²) in [7, 11) is 0. The van der Waals surface area contributed by atoms with E-state index in [1.807, 2.05) is 26.0 Å². The number of aryl methyl sites for hydroxylation is 2. The minimum Gasteiger partial charge on any atom is -0.493 e. The molecule has 4 heteroatoms. The molecule has 1 saturated carbocycles. The normalized spacial score (nSPS) is 22.5. The van der Waals surface area contributed by atoms with Crippen LogP contribution in [-0.2, 0) is 9.53 Å². The monoisotopic (exact) mass is 375 g/mol. The van der Waals surface area contributed by atoms with E-state index in [0.29, 0.717) is 12.5 Å². The van der Waals surface area contributed by atoms with Gasteiger partial charge in [-0.25, -0.2) is 0 Å². The van der Waals surface area contributed by atoms with Crippen LogP contribution in [0.3, 0.4) is 0 Å². The molecule has 2 rings (SSSR count). The van der Waals surface area contributed by atoms with Crippen molar-refractivity contribution in [2.45, 2.75) is 85.2 Å². The van der Waals surface area contributed by atoms with E-state index in [4.69, 9.17) is 9.47 Å². The molecule has 1 aromatic rings. The van der Waals surface area contributed by atoms with E-state index < -0.39 is 5.60 Å². The highest BCUT2D eigenvalue weighted by molar-refractivity contribution is 5.97. The SMILES string of the molecule is CCCCOc1c(C)cc(NC(=O)[C@@]2(OCCC)CCC[C@H](C)C2)cc1C. The highest BCUT2D eigenvalue weighted by Crippen LogP contribution is 2.37. The average molecular weight is 376 g/mol. The van der Waals surface area contributed by atoms with Crippen LogP contribution >= 0.6 is 0 Å². The fourth-order valence-electron chi connectivity index (χ4n) is 4.02. The predicted octanol–water partition coefficient (Wildman–Crippen LogP) is 5.80. The van der Waals surface area contributed by atoms with E-state index >= 15 is 0 Å². The lowest BCUT2D eigenvalue weighted by molar-refractivity contribution is -0.148. The highest BCUT2D eigenvalue weighted by atomic mass is 16.5. The Morgan fingerprint density at radius 2 is 1.89 bits per heavy atom. The molecule has 2 atom stereocenters. The van der Waals surface area contributed by atoms with Crippen molar-refractivity contribution in [1.82, 2.24) is 0 Å². The van der Waals surface area contributed by atoms with Crippen LogP contribution in [0.5, 0.6) is 5.75 Å². The molecule has 1 aliphatic rings. The van der Waals surface area contributed by atoms with Gasteiger partial charge in [0, 0.05) is 12.3 Å². The number of nitrogens with one attached hydrogen (secondary N) is 1. The molecular formula is C23H37NO3. The third-order valence-corrected chi connectivity index (χ3v) is 5.41. The second-order valence-corrected chi connectivity index (χ2v) is 8.14. The van der Waals surface area contributed by atoms with Crippen molar-refractivity contribution < 1.29 is 14.3 Å². The molecule has 27 heavy (non-hydrogen) atoms. The van der Waals surface area contributed by atoms with Gasteiger partial charge in [0.15, 0.2) is 0 Å². The van der Waals surface area contributed by atoms with Crippen LogP contribution in [-0.4, -0.2) is 24.7 Å². The van der Waals surface area contributed by atoms with Gasteiger partial charge in [0.1, 0.15) is 11.4 Å². The molecule has 1 N–H and O–H groups in total. The smallest absolute Gasteiger partial charge is 0.256 e. The molecule has 1 amide bonds. The Bertz CT molecular complexity index is 605. The fraction of sp³-hybridized carbons (Fsp3) is 0.696. The van der Waals surface area contributed by atoms with E-state index in [2.05, 4.69) is 26.1 Å². The number of hydrogen-bond acceptors (Lipinski definition) is 3. The maximum absolute atomic E-state index is 13.2. The number of hydrogen-bond donors (Lipinski definition) is 1. The lowest BCUT2D eigenvalue weighted by Gasteiger charge is -2.38. The van der Waals surface area contributed by atoms with Crippen LogP contribution in [0.2, 0.25) is 0 Å². The van der Waals surface area contributed by atoms with Crippen LogP contribution in [0.15, 0.2) is 12.1 Å². The van der Waals surface area contributed by atoms with Gasteiger partial charge in [-0.2, -0.15) is 0 Å². The first-order valence-electron chi connectivity index (χ1n) is 10.6. The lowest BCUT2D eigenvalue weighted by Crippen LogP contribution is -2.48. The van der Waals surface area contributed by atoms with Crippen LogP contribution in [0.25, 0.3) is 0 Å². The molecule has 1 aromatic carbocycles. The van der Waals surface area contributed by atoms with Gasteiger partial charge in [-0.1, -0.05) is 33.6 Å². The zero-order valence-corrected chi connectivity index (χ0v) is 17.8. The van der Waals surface area contributed by atoms with Crippen LogP contribution in [0.4, 0.5) is 5.69 Å². The summed E-state index contributed by atoms with van der Waals surface area (Å²) in [5.41, 5.74) is 2.26. The van der Waals surface area contributed by atoms with Gasteiger partial charge >= 0.3 is 0 Å². The summed E-state index contributed by atoms with van der Waals surface area (Å²) in [5, 5.41) is 3.14. The Morgan fingerprint density at radius 1 is 1.19 bits per heavy atom. The quantitative estimate of drug-likeness (QED) is 0.555. The van der Waals surface area contributed by atoms with Crippen molar-refractivity contribution in [2.24, 2.45) is 5.92 Å². The largest absolute Gasteiger partial charge is 0.493 e. The molecule has 0 unspecified atom stereocenters. The highest BCUT2D eigenvalue weighted by Gasteiger charge is 2.42. The van der Waals surface area contributed by atoms with Gasteiger partial charge in [-0.3, -0.25) is 4.79 Å². The minimum absolute atomic E-state index is 0.000881. The van der Waals surface area contributed by atoms with E-state index in [1.54, 1.807) is 0 Å². The van der Waals surface area contributed by atoms with Crippen LogP contribution in [0, 0.1) is 19.8 Å². The summed E-state index contributed by atoms with van der Waals surface area (Å²) in [4.78, 5) is 13.2. The Morgan fingerprint density at radius 3 is 2.48 bits per heavy atom. The van der Waals surface area contributed by atoms with Gasteiger partial charge in [-0.05, 0) is 75.1 Å². The van der Waals surface area contributed by atoms with Crippen LogP contribution < -0.4 is 10.1 Å². The number of ether oxygens (including phenoxy) is 2. The summed E-state index contributed by atoms with van der Waals surface area (Å²) in [6, 6.07) is 4.01. The molecule has 0 bridgehead atoms. The number of benzene rings is 1. The zero-order chi connectivity index (χ0) is 19.9. The standard InChI is InChI=1S/C23H37NO3/c1-6-8-13-26-21-18(4)14-20(15-19(21)5)24-22(25)23(27-12-7-2)11-9-10-17(3)16-23/h14-15,17H,6-13,16H2,1-5H3,(H,24,25)/t17-,23+/m0/s1. The first kappa shape index (κ1) is 21.7. The Labute approximate surface area is 165 Å². The topological polar surface area (TPSA) is 47.6 Å². The second-order valence-electron chi connectivity index (χ2n) is 8.14. The summed E-state index contributed by atoms with van der Waals surface area (Å²) >= 11 is 0. The van der Waals surface area contributed by atoms with E-state index in [9.17, 15) is 4.79 Å². The Kier molecular flexibility index (Phi) is 8.15. The molecule has 0 aliphatic heterocycles. The molecule has 4 nitrogen and oxygen atoms in total. The lowest BCUT2D eigenvalue weighted by atomic mass is 9.78. The third kappa shape index (κ3) is 5.71. The number of carbonyl (C=O) groups excluding carboxylic acids is 1. The maximum atomic E-state index is 13.2. The van der Waals surface area contributed by atoms with Gasteiger partial charge in [0.2, 0.25) is 0 Å². The number of unbranched alkanes of at least 4 members (excludes halogenated alkanes) is 1. The predicted molar refractivity (Wildman–Crippen MR) is 112 cm³/mol. The van der Waals surface area contributed by atoms with Gasteiger partial charge < -0.3 is 14.8 Å². The summed E-state index contributed by atoms with van der Waals surface area (Å²) in [5.74, 6) is 1.45. The molecule has 1 fully saturated rings. The first-order chi connectivity index (χ1) is 12.9. The third-order valence-electron chi connectivity index (χ3n) is 5.41. The van der Waals surface area contributed by atoms with Crippen molar-refractivity contribution in [1.29, 1.82) is 0 Å². The summed E-state index contributed by atoms with van der Waals surface area (Å²) < 4.78 is 12.1. The first-order valence-corrected chi connectivity index (χ1v) is 10.6. The molecular weight excluding hydrogens is 338 g/mol. The van der Waals surface area contributed by atoms with Crippen molar-refractivity contribution in [2.75, 3.05) is 18.5 Å². The second kappa shape index (κ2) is 10.1. The Balaban J connectivity index is 2.14. The van der Waals surface area contributed by atoms with E-state index in [-0.39, 0.29) is 5.91 Å². The molecule has 1 aliphatic carbocycles. The number of rotatable bonds is 9. The van der Waals surface area contributed by atoms with Gasteiger partial charge in [-0.15, -0.1) is 0 Å². The average Bonchev–Trinajstić information content (AvgIpc) is 2.62. The number of carbonyl (C=O) groups is 1. The number of amides is 1. The van der Waals surface area contributed by atoms with Crippen molar-refractivity contribution >= 4 is 11.6 Å². The van der Waals surface area contributed by atoms with E-state index in [1.165, 1.54) is 6.42 Å². The van der Waals surface area contributed by atoms with Crippen molar-refractivity contribution in [3.8, 4) is 5.75 Å². The molecule has 0 heterocycles. The molecule has 0 spiro atoms. The number of anilines is 1.